The van der Waals surface area contributed by atoms with Gasteiger partial charge in [0.05, 0.1) is 12.8 Å². The minimum atomic E-state index is 0.295. The Kier molecular flexibility index (Phi) is 5.53. The number of anilines is 2. The molecule has 0 bridgehead atoms. The summed E-state index contributed by atoms with van der Waals surface area (Å²) in [7, 11) is 1.60. The second-order valence-corrected chi connectivity index (χ2v) is 8.24. The zero-order valence-corrected chi connectivity index (χ0v) is 17.5. The molecule has 0 aliphatic heterocycles. The number of ketones is 1. The van der Waals surface area contributed by atoms with Crippen molar-refractivity contribution in [1.29, 1.82) is 0 Å². The largest absolute Gasteiger partial charge is 0.491 e. The molecule has 0 unspecified atom stereocenters. The maximum atomic E-state index is 12.0. The highest BCUT2D eigenvalue weighted by atomic mass is 32.2. The molecule has 0 radical (unpaired) electrons. The van der Waals surface area contributed by atoms with E-state index in [9.17, 15) is 4.79 Å². The summed E-state index contributed by atoms with van der Waals surface area (Å²) >= 11 is 1.47. The van der Waals surface area contributed by atoms with Crippen LogP contribution >= 0.6 is 11.8 Å². The Labute approximate surface area is 173 Å². The number of carbonyl (C=O) groups excluding carboxylic acids is 1. The summed E-state index contributed by atoms with van der Waals surface area (Å²) in [6, 6.07) is 9.92. The Bertz CT molecular complexity index is 1030. The van der Waals surface area contributed by atoms with Gasteiger partial charge in [0.1, 0.15) is 5.78 Å². The van der Waals surface area contributed by atoms with E-state index in [1.807, 2.05) is 44.2 Å². The Morgan fingerprint density at radius 3 is 2.62 bits per heavy atom. The Morgan fingerprint density at radius 1 is 1.24 bits per heavy atom. The molecule has 1 saturated carbocycles. The number of methoxy groups -OCH3 is 1. The van der Waals surface area contributed by atoms with E-state index in [1.54, 1.807) is 7.11 Å². The number of hydrogen-bond donors (Lipinski definition) is 2. The third-order valence-corrected chi connectivity index (χ3v) is 5.59. The monoisotopic (exact) mass is 409 g/mol. The van der Waals surface area contributed by atoms with Crippen molar-refractivity contribution in [2.24, 2.45) is 5.92 Å². The van der Waals surface area contributed by atoms with E-state index in [-0.39, 0.29) is 0 Å². The molecule has 1 fully saturated rings. The van der Waals surface area contributed by atoms with Gasteiger partial charge < -0.3 is 10.1 Å². The Morgan fingerprint density at radius 2 is 2.00 bits per heavy atom. The van der Waals surface area contributed by atoms with Gasteiger partial charge in [-0.1, -0.05) is 12.1 Å². The molecule has 4 rings (SSSR count). The van der Waals surface area contributed by atoms with E-state index in [0.29, 0.717) is 40.7 Å². The number of ether oxygens (including phenoxy) is 1. The summed E-state index contributed by atoms with van der Waals surface area (Å²) < 4.78 is 5.47. The molecule has 29 heavy (non-hydrogen) atoms. The molecule has 2 aromatic heterocycles. The Balaban J connectivity index is 1.51. The SMILES string of the molecule is COc1c(C)nc(Sc2ccc(CC(=O)C3CC3)cc2)nc1Nc1cc(C)[nH]n1. The van der Waals surface area contributed by atoms with E-state index in [1.165, 1.54) is 11.8 Å². The highest BCUT2D eigenvalue weighted by Crippen LogP contribution is 2.34. The molecule has 2 heterocycles. The fourth-order valence-corrected chi connectivity index (χ4v) is 3.85. The number of H-pyrrole nitrogens is 1. The predicted molar refractivity (Wildman–Crippen MR) is 112 cm³/mol. The van der Waals surface area contributed by atoms with E-state index in [0.717, 1.165) is 34.7 Å². The zero-order valence-electron chi connectivity index (χ0n) is 16.7. The summed E-state index contributed by atoms with van der Waals surface area (Å²) in [5.74, 6) is 2.47. The van der Waals surface area contributed by atoms with Crippen LogP contribution in [0.1, 0.15) is 29.8 Å². The first kappa shape index (κ1) is 19.4. The lowest BCUT2D eigenvalue weighted by Gasteiger charge is -2.12. The highest BCUT2D eigenvalue weighted by Gasteiger charge is 2.29. The number of aromatic nitrogens is 4. The molecular formula is C21H23N5O2S. The summed E-state index contributed by atoms with van der Waals surface area (Å²) in [5, 5.41) is 10.9. The lowest BCUT2D eigenvalue weighted by atomic mass is 10.1. The normalized spacial score (nSPS) is 13.3. The van der Waals surface area contributed by atoms with Crippen LogP contribution in [0.25, 0.3) is 0 Å². The third-order valence-electron chi connectivity index (χ3n) is 4.71. The van der Waals surface area contributed by atoms with Gasteiger partial charge in [-0.25, -0.2) is 9.97 Å². The van der Waals surface area contributed by atoms with Crippen LogP contribution < -0.4 is 10.1 Å². The molecule has 1 aliphatic rings. The summed E-state index contributed by atoms with van der Waals surface area (Å²) in [5.41, 5.74) is 2.74. The number of hydrogen-bond acceptors (Lipinski definition) is 7. The number of rotatable bonds is 8. The number of aryl methyl sites for hydroxylation is 2. The van der Waals surface area contributed by atoms with Crippen molar-refractivity contribution in [2.45, 2.75) is 43.2 Å². The molecule has 3 aromatic rings. The minimum absolute atomic E-state index is 0.295. The first-order valence-corrected chi connectivity index (χ1v) is 10.3. The fourth-order valence-electron chi connectivity index (χ4n) is 3.05. The molecule has 0 spiro atoms. The van der Waals surface area contributed by atoms with Crippen LogP contribution in [-0.4, -0.2) is 33.1 Å². The molecule has 0 atom stereocenters. The zero-order chi connectivity index (χ0) is 20.4. The first-order chi connectivity index (χ1) is 14.0. The number of carbonyl (C=O) groups is 1. The summed E-state index contributed by atoms with van der Waals surface area (Å²) in [4.78, 5) is 22.2. The van der Waals surface area contributed by atoms with Gasteiger partial charge >= 0.3 is 0 Å². The minimum Gasteiger partial charge on any atom is -0.491 e. The maximum absolute atomic E-state index is 12.0. The van der Waals surface area contributed by atoms with Gasteiger partial charge in [-0.3, -0.25) is 9.89 Å². The van der Waals surface area contributed by atoms with Gasteiger partial charge in [0, 0.05) is 29.0 Å². The molecule has 0 amide bonds. The van der Waals surface area contributed by atoms with Crippen LogP contribution in [0.15, 0.2) is 40.4 Å². The summed E-state index contributed by atoms with van der Waals surface area (Å²) in [6.07, 6.45) is 2.62. The maximum Gasteiger partial charge on any atom is 0.194 e. The average molecular weight is 410 g/mol. The van der Waals surface area contributed by atoms with Gasteiger partial charge in [-0.05, 0) is 56.1 Å². The van der Waals surface area contributed by atoms with Crippen molar-refractivity contribution in [3.05, 3.63) is 47.3 Å². The van der Waals surface area contributed by atoms with Crippen LogP contribution in [0.3, 0.4) is 0 Å². The number of aromatic amines is 1. The smallest absolute Gasteiger partial charge is 0.194 e. The van der Waals surface area contributed by atoms with Crippen LogP contribution in [0.4, 0.5) is 11.6 Å². The average Bonchev–Trinajstić information content (AvgIpc) is 3.46. The van der Waals surface area contributed by atoms with Crippen LogP contribution in [0, 0.1) is 19.8 Å². The van der Waals surface area contributed by atoms with Crippen LogP contribution in [0.5, 0.6) is 5.75 Å². The third kappa shape index (κ3) is 4.76. The molecular weight excluding hydrogens is 386 g/mol. The van der Waals surface area contributed by atoms with E-state index >= 15 is 0 Å². The van der Waals surface area contributed by atoms with Crippen LogP contribution in [0.2, 0.25) is 0 Å². The first-order valence-electron chi connectivity index (χ1n) is 9.53. The predicted octanol–water partition coefficient (Wildman–Crippen LogP) is 4.24. The second kappa shape index (κ2) is 8.24. The van der Waals surface area contributed by atoms with Crippen molar-refractivity contribution in [1.82, 2.24) is 20.2 Å². The van der Waals surface area contributed by atoms with Crippen molar-refractivity contribution in [2.75, 3.05) is 12.4 Å². The number of nitrogens with zero attached hydrogens (tertiary/aromatic N) is 3. The molecule has 150 valence electrons. The lowest BCUT2D eigenvalue weighted by Crippen LogP contribution is -2.04. The van der Waals surface area contributed by atoms with Gasteiger partial charge in [0.15, 0.2) is 22.5 Å². The molecule has 7 nitrogen and oxygen atoms in total. The molecule has 0 saturated heterocycles. The van der Waals surface area contributed by atoms with Gasteiger partial charge in [-0.2, -0.15) is 5.10 Å². The van der Waals surface area contributed by atoms with Crippen molar-refractivity contribution < 1.29 is 9.53 Å². The number of Topliss-reactive ketones (excluding diaryl/α,β-unsaturated/α-hetero) is 1. The van der Waals surface area contributed by atoms with E-state index in [4.69, 9.17) is 4.74 Å². The fraction of sp³-hybridized carbons (Fsp3) is 0.333. The van der Waals surface area contributed by atoms with Crippen molar-refractivity contribution >= 4 is 29.2 Å². The van der Waals surface area contributed by atoms with E-state index < -0.39 is 0 Å². The van der Waals surface area contributed by atoms with Crippen LogP contribution in [-0.2, 0) is 11.2 Å². The number of nitrogens with one attached hydrogen (secondary N) is 2. The standard InChI is InChI=1S/C21H23N5O2S/c1-12-10-18(26-25-12)23-20-19(28-3)13(2)22-21(24-20)29-16-8-4-14(5-9-16)11-17(27)15-6-7-15/h4-5,8-10,15H,6-7,11H2,1-3H3,(H2,22,23,24,25,26). The summed E-state index contributed by atoms with van der Waals surface area (Å²) in [6.45, 7) is 3.82. The quantitative estimate of drug-likeness (QED) is 0.538. The van der Waals surface area contributed by atoms with Crippen molar-refractivity contribution in [3.8, 4) is 5.75 Å². The van der Waals surface area contributed by atoms with Gasteiger partial charge in [-0.15, -0.1) is 0 Å². The topological polar surface area (TPSA) is 92.8 Å². The highest BCUT2D eigenvalue weighted by molar-refractivity contribution is 7.99. The van der Waals surface area contributed by atoms with Gasteiger partial charge in [0.25, 0.3) is 0 Å². The lowest BCUT2D eigenvalue weighted by molar-refractivity contribution is -0.119. The van der Waals surface area contributed by atoms with Gasteiger partial charge in [0.2, 0.25) is 0 Å². The van der Waals surface area contributed by atoms with E-state index in [2.05, 4.69) is 25.5 Å². The molecule has 8 heteroatoms. The molecule has 2 N–H and O–H groups in total. The molecule has 1 aliphatic carbocycles. The number of benzene rings is 1. The van der Waals surface area contributed by atoms with Crippen molar-refractivity contribution in [3.63, 3.8) is 0 Å². The second-order valence-electron chi connectivity index (χ2n) is 7.20. The molecule has 1 aromatic carbocycles. The Hall–Kier alpha value is -2.87.